The highest BCUT2D eigenvalue weighted by molar-refractivity contribution is 7.26. The minimum Gasteiger partial charge on any atom is -0.456 e. The number of furan rings is 1. The van der Waals surface area contributed by atoms with E-state index >= 15 is 0 Å². The first-order valence-corrected chi connectivity index (χ1v) is 21.2. The van der Waals surface area contributed by atoms with Crippen LogP contribution >= 0.6 is 11.3 Å². The van der Waals surface area contributed by atoms with Gasteiger partial charge in [0.05, 0.1) is 11.0 Å². The summed E-state index contributed by atoms with van der Waals surface area (Å²) < 4.78 is 11.3. The lowest BCUT2D eigenvalue weighted by atomic mass is 10.0. The van der Waals surface area contributed by atoms with Gasteiger partial charge < -0.3 is 13.9 Å². The lowest BCUT2D eigenvalue weighted by molar-refractivity contribution is 0.669. The number of para-hydroxylation sites is 2. The van der Waals surface area contributed by atoms with Crippen LogP contribution in [0.4, 0.5) is 17.1 Å². The molecule has 3 nitrogen and oxygen atoms in total. The summed E-state index contributed by atoms with van der Waals surface area (Å²) in [5.74, 6) is 0. The van der Waals surface area contributed by atoms with E-state index < -0.39 is 0 Å². The summed E-state index contributed by atoms with van der Waals surface area (Å²) in [4.78, 5) is 2.37. The molecule has 0 N–H and O–H groups in total. The summed E-state index contributed by atoms with van der Waals surface area (Å²) in [6.45, 7) is 0. The van der Waals surface area contributed by atoms with E-state index in [1.54, 1.807) is 0 Å². The molecule has 0 aliphatic rings. The molecule has 0 saturated heterocycles. The second kappa shape index (κ2) is 12.9. The second-order valence-corrected chi connectivity index (χ2v) is 16.8. The molecule has 13 aromatic rings. The fraction of sp³-hybridized carbons (Fsp3) is 0. The van der Waals surface area contributed by atoms with Crippen LogP contribution in [-0.2, 0) is 0 Å². The second-order valence-electron chi connectivity index (χ2n) is 15.7. The van der Waals surface area contributed by atoms with Crippen molar-refractivity contribution >= 4 is 114 Å². The zero-order chi connectivity index (χ0) is 39.3. The lowest BCUT2D eigenvalue weighted by Crippen LogP contribution is -2.09. The SMILES string of the molecule is c1ccc2cc(N(c3ccc(-c4cc(-n5c6ccccc6c6cc7ccccc7cc65)cc5c4sc4ccccc45)cc3)c3ccc4oc5ccccc5c4c3)ccc2c1. The summed E-state index contributed by atoms with van der Waals surface area (Å²) >= 11 is 1.88. The zero-order valence-corrected chi connectivity index (χ0v) is 33.2. The van der Waals surface area contributed by atoms with Crippen molar-refractivity contribution in [3.8, 4) is 16.8 Å². The molecule has 0 saturated carbocycles. The number of nitrogens with zero attached hydrogens (tertiary/aromatic N) is 2. The van der Waals surface area contributed by atoms with Crippen molar-refractivity contribution in [1.82, 2.24) is 4.57 Å². The van der Waals surface area contributed by atoms with Crippen molar-refractivity contribution in [3.63, 3.8) is 0 Å². The average Bonchev–Trinajstić information content (AvgIpc) is 3.97. The van der Waals surface area contributed by atoms with Crippen LogP contribution in [0, 0.1) is 0 Å². The highest BCUT2D eigenvalue weighted by atomic mass is 32.1. The smallest absolute Gasteiger partial charge is 0.135 e. The molecule has 10 aromatic carbocycles. The molecular formula is C56H34N2OS. The van der Waals surface area contributed by atoms with E-state index in [0.717, 1.165) is 44.7 Å². The Labute approximate surface area is 349 Å². The summed E-state index contributed by atoms with van der Waals surface area (Å²) in [5.41, 5.74) is 11.0. The van der Waals surface area contributed by atoms with Crippen LogP contribution in [0.3, 0.4) is 0 Å². The quantitative estimate of drug-likeness (QED) is 0.173. The van der Waals surface area contributed by atoms with Crippen molar-refractivity contribution in [2.45, 2.75) is 0 Å². The molecule has 3 heterocycles. The lowest BCUT2D eigenvalue weighted by Gasteiger charge is -2.26. The monoisotopic (exact) mass is 782 g/mol. The maximum absolute atomic E-state index is 6.26. The Hall–Kier alpha value is -7.66. The van der Waals surface area contributed by atoms with E-state index in [0.29, 0.717) is 0 Å². The van der Waals surface area contributed by atoms with Gasteiger partial charge in [0, 0.05) is 70.0 Å². The third-order valence-corrected chi connectivity index (χ3v) is 13.5. The number of hydrogen-bond acceptors (Lipinski definition) is 3. The van der Waals surface area contributed by atoms with Gasteiger partial charge in [-0.05, 0) is 112 Å². The molecule has 0 unspecified atom stereocenters. The highest BCUT2D eigenvalue weighted by Gasteiger charge is 2.20. The van der Waals surface area contributed by atoms with Gasteiger partial charge in [-0.3, -0.25) is 0 Å². The third kappa shape index (κ3) is 5.08. The number of benzene rings is 10. The summed E-state index contributed by atoms with van der Waals surface area (Å²) in [5, 5.41) is 12.2. The Kier molecular flexibility index (Phi) is 7.18. The fourth-order valence-corrected chi connectivity index (χ4v) is 10.7. The maximum Gasteiger partial charge on any atom is 0.135 e. The fourth-order valence-electron chi connectivity index (χ4n) is 9.49. The Balaban J connectivity index is 1.02. The predicted octanol–water partition coefficient (Wildman–Crippen LogP) is 16.5. The van der Waals surface area contributed by atoms with Crippen molar-refractivity contribution < 1.29 is 4.42 Å². The molecule has 0 bridgehead atoms. The van der Waals surface area contributed by atoms with Crippen molar-refractivity contribution in [1.29, 1.82) is 0 Å². The molecule has 0 radical (unpaired) electrons. The zero-order valence-electron chi connectivity index (χ0n) is 32.3. The molecule has 280 valence electrons. The molecule has 0 amide bonds. The first kappa shape index (κ1) is 33.3. The normalized spacial score (nSPS) is 12.0. The van der Waals surface area contributed by atoms with E-state index in [9.17, 15) is 0 Å². The van der Waals surface area contributed by atoms with Crippen LogP contribution < -0.4 is 4.90 Å². The molecule has 0 atom stereocenters. The standard InChI is InChI=1S/C56H34N2OS/c1-2-12-37-29-41(26-21-35(37)11-1)57(42-27-28-54-49(32-42)45-16-6-9-19-53(45)59-54)40-24-22-36(23-25-40)47-33-43(34-50-46-17-7-10-20-55(46)60-56(47)50)58-51-18-8-5-15-44(51)48-30-38-13-3-4-14-39(38)31-52(48)58/h1-34H. The van der Waals surface area contributed by atoms with Crippen molar-refractivity contribution in [2.24, 2.45) is 0 Å². The Morgan fingerprint density at radius 2 is 1.02 bits per heavy atom. The number of fused-ring (bicyclic) bond motifs is 11. The Morgan fingerprint density at radius 1 is 0.383 bits per heavy atom. The van der Waals surface area contributed by atoms with Gasteiger partial charge in [-0.2, -0.15) is 0 Å². The van der Waals surface area contributed by atoms with Crippen molar-refractivity contribution in [2.75, 3.05) is 4.90 Å². The van der Waals surface area contributed by atoms with Gasteiger partial charge in [0.1, 0.15) is 11.2 Å². The maximum atomic E-state index is 6.26. The van der Waals surface area contributed by atoms with Gasteiger partial charge in [0.25, 0.3) is 0 Å². The minimum absolute atomic E-state index is 0.887. The molecule has 4 heteroatoms. The first-order valence-electron chi connectivity index (χ1n) is 20.4. The van der Waals surface area contributed by atoms with Crippen LogP contribution in [0.15, 0.2) is 211 Å². The van der Waals surface area contributed by atoms with Crippen LogP contribution in [-0.4, -0.2) is 4.57 Å². The van der Waals surface area contributed by atoms with Gasteiger partial charge >= 0.3 is 0 Å². The summed E-state index contributed by atoms with van der Waals surface area (Å²) in [6, 6.07) is 75.2. The van der Waals surface area contributed by atoms with E-state index in [1.165, 1.54) is 74.6 Å². The number of anilines is 3. The van der Waals surface area contributed by atoms with Gasteiger partial charge in [-0.1, -0.05) is 121 Å². The molecule has 0 aliphatic heterocycles. The summed E-state index contributed by atoms with van der Waals surface area (Å²) in [7, 11) is 0. The van der Waals surface area contributed by atoms with E-state index in [-0.39, 0.29) is 0 Å². The largest absolute Gasteiger partial charge is 0.456 e. The van der Waals surface area contributed by atoms with Crippen LogP contribution in [0.1, 0.15) is 0 Å². The van der Waals surface area contributed by atoms with Crippen LogP contribution in [0.25, 0.3) is 102 Å². The molecule has 60 heavy (non-hydrogen) atoms. The number of aromatic nitrogens is 1. The predicted molar refractivity (Wildman–Crippen MR) is 256 cm³/mol. The molecule has 0 aliphatic carbocycles. The van der Waals surface area contributed by atoms with Crippen molar-refractivity contribution in [3.05, 3.63) is 206 Å². The number of hydrogen-bond donors (Lipinski definition) is 0. The van der Waals surface area contributed by atoms with Gasteiger partial charge in [-0.25, -0.2) is 0 Å². The molecule has 0 fully saturated rings. The average molecular weight is 783 g/mol. The number of rotatable bonds is 5. The highest BCUT2D eigenvalue weighted by Crippen LogP contribution is 2.45. The Bertz CT molecular complexity index is 3850. The molecule has 3 aromatic heterocycles. The molecule has 0 spiro atoms. The van der Waals surface area contributed by atoms with E-state index in [1.807, 2.05) is 23.5 Å². The first-order chi connectivity index (χ1) is 29.7. The minimum atomic E-state index is 0.887. The van der Waals surface area contributed by atoms with Crippen LogP contribution in [0.5, 0.6) is 0 Å². The topological polar surface area (TPSA) is 21.3 Å². The third-order valence-electron chi connectivity index (χ3n) is 12.3. The van der Waals surface area contributed by atoms with Gasteiger partial charge in [0.2, 0.25) is 0 Å². The molecular weight excluding hydrogens is 749 g/mol. The van der Waals surface area contributed by atoms with Gasteiger partial charge in [-0.15, -0.1) is 11.3 Å². The van der Waals surface area contributed by atoms with Gasteiger partial charge in [0.15, 0.2) is 0 Å². The Morgan fingerprint density at radius 3 is 1.87 bits per heavy atom. The van der Waals surface area contributed by atoms with Crippen LogP contribution in [0.2, 0.25) is 0 Å². The summed E-state index contributed by atoms with van der Waals surface area (Å²) in [6.07, 6.45) is 0. The molecule has 13 rings (SSSR count). The van der Waals surface area contributed by atoms with E-state index in [4.69, 9.17) is 4.42 Å². The van der Waals surface area contributed by atoms with E-state index in [2.05, 4.69) is 204 Å². The number of thiophene rings is 1.